The van der Waals surface area contributed by atoms with E-state index in [0.29, 0.717) is 6.54 Å². The van der Waals surface area contributed by atoms with Crippen molar-refractivity contribution in [3.8, 4) is 0 Å². The summed E-state index contributed by atoms with van der Waals surface area (Å²) in [6.45, 7) is 7.61. The lowest BCUT2D eigenvalue weighted by Gasteiger charge is -2.27. The Morgan fingerprint density at radius 1 is 1.24 bits per heavy atom. The largest absolute Gasteiger partial charge is 0.355 e. The van der Waals surface area contributed by atoms with Crippen LogP contribution >= 0.6 is 0 Å². The van der Waals surface area contributed by atoms with Crippen molar-refractivity contribution in [3.05, 3.63) is 23.4 Å². The highest BCUT2D eigenvalue weighted by Crippen LogP contribution is 2.25. The molecule has 0 aliphatic carbocycles. The van der Waals surface area contributed by atoms with Crippen LogP contribution in [-0.4, -0.2) is 42.1 Å². The van der Waals surface area contributed by atoms with Crippen molar-refractivity contribution in [1.82, 2.24) is 9.88 Å². The smallest absolute Gasteiger partial charge is 0.129 e. The Labute approximate surface area is 128 Å². The van der Waals surface area contributed by atoms with Crippen molar-refractivity contribution in [2.75, 3.05) is 31.1 Å². The third-order valence-corrected chi connectivity index (χ3v) is 4.79. The van der Waals surface area contributed by atoms with E-state index in [9.17, 15) is 0 Å². The molecule has 2 saturated heterocycles. The van der Waals surface area contributed by atoms with Crippen molar-refractivity contribution in [1.29, 1.82) is 0 Å². The standard InChI is InChI=1S/C17H28N4/c1-2-5-15-10-14(12-18)11-17(19-15)21-9-4-8-20-7-3-6-16(20)13-21/h10-11,16H,2-9,12-13,18H2,1H3. The van der Waals surface area contributed by atoms with Gasteiger partial charge in [-0.15, -0.1) is 0 Å². The molecule has 0 aromatic carbocycles. The lowest BCUT2D eigenvalue weighted by atomic mass is 10.1. The molecule has 21 heavy (non-hydrogen) atoms. The van der Waals surface area contributed by atoms with E-state index < -0.39 is 0 Å². The Kier molecular flexibility index (Phi) is 4.76. The topological polar surface area (TPSA) is 45.4 Å². The quantitative estimate of drug-likeness (QED) is 0.922. The Balaban J connectivity index is 1.82. The van der Waals surface area contributed by atoms with Gasteiger partial charge in [0.15, 0.2) is 0 Å². The monoisotopic (exact) mass is 288 g/mol. The molecule has 0 saturated carbocycles. The van der Waals surface area contributed by atoms with Gasteiger partial charge in [-0.05, 0) is 49.9 Å². The molecule has 4 nitrogen and oxygen atoms in total. The van der Waals surface area contributed by atoms with Gasteiger partial charge in [0.25, 0.3) is 0 Å². The first-order valence-corrected chi connectivity index (χ1v) is 8.49. The Hall–Kier alpha value is -1.13. The summed E-state index contributed by atoms with van der Waals surface area (Å²) in [5.74, 6) is 1.15. The van der Waals surface area contributed by atoms with Crippen LogP contribution in [-0.2, 0) is 13.0 Å². The minimum absolute atomic E-state index is 0.607. The molecule has 2 N–H and O–H groups in total. The van der Waals surface area contributed by atoms with E-state index in [4.69, 9.17) is 10.7 Å². The predicted octanol–water partition coefficient (Wildman–Crippen LogP) is 2.17. The molecule has 3 heterocycles. The summed E-state index contributed by atoms with van der Waals surface area (Å²) in [5.41, 5.74) is 8.29. The Bertz CT molecular complexity index is 474. The lowest BCUT2D eigenvalue weighted by Crippen LogP contribution is -2.37. The second-order valence-corrected chi connectivity index (χ2v) is 6.41. The molecule has 0 bridgehead atoms. The molecule has 2 aliphatic rings. The van der Waals surface area contributed by atoms with Gasteiger partial charge in [-0.25, -0.2) is 4.98 Å². The normalized spacial score (nSPS) is 23.1. The van der Waals surface area contributed by atoms with E-state index in [2.05, 4.69) is 28.9 Å². The van der Waals surface area contributed by atoms with Crippen LogP contribution in [0.4, 0.5) is 5.82 Å². The maximum Gasteiger partial charge on any atom is 0.129 e. The third-order valence-electron chi connectivity index (χ3n) is 4.79. The minimum Gasteiger partial charge on any atom is -0.355 e. The molecule has 1 unspecified atom stereocenters. The van der Waals surface area contributed by atoms with Gasteiger partial charge >= 0.3 is 0 Å². The maximum atomic E-state index is 5.88. The molecule has 3 rings (SSSR count). The van der Waals surface area contributed by atoms with Crippen molar-refractivity contribution >= 4 is 5.82 Å². The molecule has 0 radical (unpaired) electrons. The van der Waals surface area contributed by atoms with Crippen molar-refractivity contribution in [3.63, 3.8) is 0 Å². The maximum absolute atomic E-state index is 5.88. The molecule has 1 atom stereocenters. The van der Waals surface area contributed by atoms with Gasteiger partial charge in [0, 0.05) is 37.9 Å². The zero-order chi connectivity index (χ0) is 14.7. The molecule has 1 aromatic rings. The second kappa shape index (κ2) is 6.75. The molecule has 0 amide bonds. The summed E-state index contributed by atoms with van der Waals surface area (Å²) in [6, 6.07) is 5.10. The van der Waals surface area contributed by atoms with E-state index in [1.54, 1.807) is 0 Å². The number of anilines is 1. The number of aryl methyl sites for hydroxylation is 1. The Morgan fingerprint density at radius 3 is 2.90 bits per heavy atom. The van der Waals surface area contributed by atoms with Crippen LogP contribution in [0.5, 0.6) is 0 Å². The molecule has 0 spiro atoms. The summed E-state index contributed by atoms with van der Waals surface area (Å²) in [6.07, 6.45) is 6.13. The SMILES string of the molecule is CCCc1cc(CN)cc(N2CCCN3CCCC3C2)n1. The first-order valence-electron chi connectivity index (χ1n) is 8.49. The van der Waals surface area contributed by atoms with Crippen LogP contribution in [0.25, 0.3) is 0 Å². The number of nitrogens with zero attached hydrogens (tertiary/aromatic N) is 3. The number of hydrogen-bond acceptors (Lipinski definition) is 4. The van der Waals surface area contributed by atoms with Gasteiger partial charge in [0.2, 0.25) is 0 Å². The molecule has 4 heteroatoms. The summed E-state index contributed by atoms with van der Waals surface area (Å²) in [7, 11) is 0. The van der Waals surface area contributed by atoms with Gasteiger partial charge in [-0.1, -0.05) is 13.3 Å². The summed E-state index contributed by atoms with van der Waals surface area (Å²) >= 11 is 0. The van der Waals surface area contributed by atoms with Crippen LogP contribution < -0.4 is 10.6 Å². The number of aromatic nitrogens is 1. The van der Waals surface area contributed by atoms with Crippen molar-refractivity contribution in [2.24, 2.45) is 5.73 Å². The summed E-state index contributed by atoms with van der Waals surface area (Å²) in [5, 5.41) is 0. The zero-order valence-corrected chi connectivity index (χ0v) is 13.2. The molecular weight excluding hydrogens is 260 g/mol. The Morgan fingerprint density at radius 2 is 2.10 bits per heavy atom. The van der Waals surface area contributed by atoms with E-state index in [1.807, 2.05) is 0 Å². The average Bonchev–Trinajstić information content (AvgIpc) is 2.84. The zero-order valence-electron chi connectivity index (χ0n) is 13.2. The van der Waals surface area contributed by atoms with E-state index >= 15 is 0 Å². The van der Waals surface area contributed by atoms with Gasteiger partial charge in [0.05, 0.1) is 0 Å². The van der Waals surface area contributed by atoms with E-state index in [1.165, 1.54) is 43.6 Å². The van der Waals surface area contributed by atoms with Gasteiger partial charge in [-0.2, -0.15) is 0 Å². The predicted molar refractivity (Wildman–Crippen MR) is 87.5 cm³/mol. The molecule has 1 aromatic heterocycles. The summed E-state index contributed by atoms with van der Waals surface area (Å²) < 4.78 is 0. The molecule has 2 aliphatic heterocycles. The lowest BCUT2D eigenvalue weighted by molar-refractivity contribution is 0.273. The fraction of sp³-hybridized carbons (Fsp3) is 0.706. The molecular formula is C17H28N4. The molecule has 116 valence electrons. The number of hydrogen-bond donors (Lipinski definition) is 1. The fourth-order valence-corrected chi connectivity index (χ4v) is 3.71. The fourth-order valence-electron chi connectivity index (χ4n) is 3.71. The van der Waals surface area contributed by atoms with Crippen molar-refractivity contribution < 1.29 is 0 Å². The number of nitrogens with two attached hydrogens (primary N) is 1. The first kappa shape index (κ1) is 14.8. The van der Waals surface area contributed by atoms with Crippen LogP contribution in [0.1, 0.15) is 43.9 Å². The highest BCUT2D eigenvalue weighted by Gasteiger charge is 2.29. The highest BCUT2D eigenvalue weighted by molar-refractivity contribution is 5.43. The van der Waals surface area contributed by atoms with Crippen LogP contribution in [0.2, 0.25) is 0 Å². The van der Waals surface area contributed by atoms with E-state index in [-0.39, 0.29) is 0 Å². The second-order valence-electron chi connectivity index (χ2n) is 6.41. The van der Waals surface area contributed by atoms with Crippen LogP contribution in [0.15, 0.2) is 12.1 Å². The molecule has 2 fully saturated rings. The van der Waals surface area contributed by atoms with Gasteiger partial charge in [0.1, 0.15) is 5.82 Å². The van der Waals surface area contributed by atoms with E-state index in [0.717, 1.165) is 37.8 Å². The first-order chi connectivity index (χ1) is 10.3. The highest BCUT2D eigenvalue weighted by atomic mass is 15.3. The number of fused-ring (bicyclic) bond motifs is 1. The number of rotatable bonds is 4. The van der Waals surface area contributed by atoms with Crippen LogP contribution in [0, 0.1) is 0 Å². The van der Waals surface area contributed by atoms with Gasteiger partial charge < -0.3 is 10.6 Å². The van der Waals surface area contributed by atoms with Gasteiger partial charge in [-0.3, -0.25) is 4.90 Å². The average molecular weight is 288 g/mol. The van der Waals surface area contributed by atoms with Crippen molar-refractivity contribution in [2.45, 2.75) is 51.6 Å². The third kappa shape index (κ3) is 3.38. The minimum atomic E-state index is 0.607. The number of pyridine rings is 1. The summed E-state index contributed by atoms with van der Waals surface area (Å²) in [4.78, 5) is 10.1. The van der Waals surface area contributed by atoms with Crippen LogP contribution in [0.3, 0.4) is 0 Å².